The average molecular weight is 298 g/mol. The van der Waals surface area contributed by atoms with Crippen LogP contribution < -0.4 is 10.0 Å². The molecule has 5 heteroatoms. The van der Waals surface area contributed by atoms with Crippen molar-refractivity contribution in [3.63, 3.8) is 0 Å². The Kier molecular flexibility index (Phi) is 5.74. The minimum atomic E-state index is -3.43. The fraction of sp³-hybridized carbons (Fsp3) is 0.600. The van der Waals surface area contributed by atoms with Gasteiger partial charge in [-0.2, -0.15) is 0 Å². The van der Waals surface area contributed by atoms with Crippen LogP contribution in [0.4, 0.5) is 0 Å². The summed E-state index contributed by atoms with van der Waals surface area (Å²) >= 11 is 0. The third-order valence-electron chi connectivity index (χ3n) is 3.24. The number of benzene rings is 1. The maximum Gasteiger partial charge on any atom is 0.240 e. The Morgan fingerprint density at radius 3 is 2.35 bits per heavy atom. The maximum atomic E-state index is 12.4. The van der Waals surface area contributed by atoms with Gasteiger partial charge in [-0.1, -0.05) is 32.9 Å². The first-order chi connectivity index (χ1) is 9.18. The van der Waals surface area contributed by atoms with Gasteiger partial charge >= 0.3 is 0 Å². The van der Waals surface area contributed by atoms with Crippen molar-refractivity contribution < 1.29 is 8.42 Å². The first-order valence-electron chi connectivity index (χ1n) is 6.94. The average Bonchev–Trinajstić information content (AvgIpc) is 2.33. The normalized spacial score (nSPS) is 12.7. The summed E-state index contributed by atoms with van der Waals surface area (Å²) in [5, 5.41) is 3.00. The van der Waals surface area contributed by atoms with Crippen LogP contribution in [-0.4, -0.2) is 28.6 Å². The van der Waals surface area contributed by atoms with E-state index in [0.29, 0.717) is 11.4 Å². The van der Waals surface area contributed by atoms with Gasteiger partial charge in [0.2, 0.25) is 10.0 Å². The van der Waals surface area contributed by atoms with Gasteiger partial charge in [0.05, 0.1) is 4.90 Å². The molecule has 114 valence electrons. The Morgan fingerprint density at radius 2 is 1.80 bits per heavy atom. The molecule has 4 nitrogen and oxygen atoms in total. The molecule has 2 N–H and O–H groups in total. The molecule has 0 aliphatic rings. The van der Waals surface area contributed by atoms with Crippen LogP contribution in [-0.2, 0) is 15.4 Å². The van der Waals surface area contributed by atoms with Gasteiger partial charge in [0.1, 0.15) is 0 Å². The van der Waals surface area contributed by atoms with Crippen molar-refractivity contribution in [3.05, 3.63) is 29.3 Å². The van der Waals surface area contributed by atoms with Gasteiger partial charge in [0.25, 0.3) is 0 Å². The molecule has 0 aromatic heterocycles. The zero-order chi connectivity index (χ0) is 15.4. The van der Waals surface area contributed by atoms with Gasteiger partial charge in [0, 0.05) is 6.54 Å². The molecule has 0 atom stereocenters. The van der Waals surface area contributed by atoms with Crippen LogP contribution in [0.15, 0.2) is 23.1 Å². The summed E-state index contributed by atoms with van der Waals surface area (Å²) in [5.41, 5.74) is 1.74. The zero-order valence-corrected chi connectivity index (χ0v) is 13.9. The largest absolute Gasteiger partial charge is 0.320 e. The highest BCUT2D eigenvalue weighted by Gasteiger charge is 2.20. The molecule has 0 bridgehead atoms. The number of nitrogens with one attached hydrogen (secondary N) is 2. The van der Waals surface area contributed by atoms with Crippen molar-refractivity contribution in [2.24, 2.45) is 0 Å². The van der Waals surface area contributed by atoms with Crippen molar-refractivity contribution in [2.45, 2.75) is 44.4 Å². The van der Waals surface area contributed by atoms with Crippen molar-refractivity contribution in [3.8, 4) is 0 Å². The van der Waals surface area contributed by atoms with E-state index < -0.39 is 10.0 Å². The molecule has 1 aromatic carbocycles. The predicted molar refractivity (Wildman–Crippen MR) is 83.6 cm³/mol. The topological polar surface area (TPSA) is 58.2 Å². The first-order valence-corrected chi connectivity index (χ1v) is 8.42. The zero-order valence-electron chi connectivity index (χ0n) is 13.1. The fourth-order valence-electron chi connectivity index (χ4n) is 1.91. The summed E-state index contributed by atoms with van der Waals surface area (Å²) in [6.07, 6.45) is 0.772. The summed E-state index contributed by atoms with van der Waals surface area (Å²) in [6, 6.07) is 5.66. The molecular weight excluding hydrogens is 272 g/mol. The quantitative estimate of drug-likeness (QED) is 0.791. The van der Waals surface area contributed by atoms with Crippen LogP contribution in [0.5, 0.6) is 0 Å². The molecule has 0 heterocycles. The van der Waals surface area contributed by atoms with Gasteiger partial charge in [-0.25, -0.2) is 13.1 Å². The first kappa shape index (κ1) is 17.1. The van der Waals surface area contributed by atoms with Crippen LogP contribution in [0.25, 0.3) is 0 Å². The molecule has 0 amide bonds. The monoisotopic (exact) mass is 298 g/mol. The molecule has 0 saturated carbocycles. The van der Waals surface area contributed by atoms with E-state index in [0.717, 1.165) is 24.1 Å². The smallest absolute Gasteiger partial charge is 0.240 e. The highest BCUT2D eigenvalue weighted by atomic mass is 32.2. The second-order valence-corrected chi connectivity index (χ2v) is 7.82. The van der Waals surface area contributed by atoms with E-state index in [1.54, 1.807) is 6.07 Å². The number of hydrogen-bond acceptors (Lipinski definition) is 3. The number of aryl methyl sites for hydroxylation is 1. The van der Waals surface area contributed by atoms with Crippen LogP contribution >= 0.6 is 0 Å². The summed E-state index contributed by atoms with van der Waals surface area (Å²) in [4.78, 5) is 0.384. The Labute approximate surface area is 123 Å². The molecule has 1 rings (SSSR count). The summed E-state index contributed by atoms with van der Waals surface area (Å²) < 4.78 is 27.4. The van der Waals surface area contributed by atoms with E-state index >= 15 is 0 Å². The Hall–Kier alpha value is -0.910. The second-order valence-electron chi connectivity index (χ2n) is 6.09. The number of hydrogen-bond donors (Lipinski definition) is 2. The Balaban J connectivity index is 2.99. The molecule has 0 aliphatic carbocycles. The summed E-state index contributed by atoms with van der Waals surface area (Å²) in [5.74, 6) is 0. The molecule has 20 heavy (non-hydrogen) atoms. The molecule has 1 aromatic rings. The molecule has 0 saturated heterocycles. The highest BCUT2D eigenvalue weighted by molar-refractivity contribution is 7.89. The van der Waals surface area contributed by atoms with Crippen LogP contribution in [0, 0.1) is 6.92 Å². The van der Waals surface area contributed by atoms with Gasteiger partial charge in [-0.3, -0.25) is 0 Å². The summed E-state index contributed by atoms with van der Waals surface area (Å²) in [7, 11) is -1.58. The van der Waals surface area contributed by atoms with E-state index in [-0.39, 0.29) is 5.41 Å². The van der Waals surface area contributed by atoms with Gasteiger partial charge < -0.3 is 5.32 Å². The lowest BCUT2D eigenvalue weighted by Crippen LogP contribution is -2.27. The number of sulfonamides is 1. The van der Waals surface area contributed by atoms with E-state index in [1.165, 1.54) is 0 Å². The fourth-order valence-corrected chi connectivity index (χ4v) is 3.25. The van der Waals surface area contributed by atoms with Crippen LogP contribution in [0.3, 0.4) is 0 Å². The van der Waals surface area contributed by atoms with Crippen molar-refractivity contribution >= 4 is 10.0 Å². The molecule has 0 unspecified atom stereocenters. The molecule has 0 fully saturated rings. The maximum absolute atomic E-state index is 12.4. The Morgan fingerprint density at radius 1 is 1.15 bits per heavy atom. The van der Waals surface area contributed by atoms with E-state index in [1.807, 2.05) is 26.1 Å². The molecule has 0 aliphatic heterocycles. The van der Waals surface area contributed by atoms with E-state index in [4.69, 9.17) is 0 Å². The third kappa shape index (κ3) is 4.58. The predicted octanol–water partition coefficient (Wildman–Crippen LogP) is 2.18. The van der Waals surface area contributed by atoms with Crippen LogP contribution in [0.1, 0.15) is 38.3 Å². The SMILES string of the molecule is CNCCCNS(=O)(=O)c1cc(C(C)(C)C)ccc1C. The highest BCUT2D eigenvalue weighted by Crippen LogP contribution is 2.26. The van der Waals surface area contributed by atoms with Gasteiger partial charge in [0.15, 0.2) is 0 Å². The van der Waals surface area contributed by atoms with Crippen molar-refractivity contribution in [1.29, 1.82) is 0 Å². The van der Waals surface area contributed by atoms with Gasteiger partial charge in [-0.15, -0.1) is 0 Å². The van der Waals surface area contributed by atoms with Crippen molar-refractivity contribution in [2.75, 3.05) is 20.1 Å². The third-order valence-corrected chi connectivity index (χ3v) is 4.84. The Bertz CT molecular complexity index is 545. The summed E-state index contributed by atoms with van der Waals surface area (Å²) in [6.45, 7) is 9.30. The minimum absolute atomic E-state index is 0.0654. The lowest BCUT2D eigenvalue weighted by Gasteiger charge is -2.21. The number of rotatable bonds is 6. The molecular formula is C15H26N2O2S. The van der Waals surface area contributed by atoms with E-state index in [9.17, 15) is 8.42 Å². The second kappa shape index (κ2) is 6.70. The van der Waals surface area contributed by atoms with Crippen LogP contribution in [0.2, 0.25) is 0 Å². The van der Waals surface area contributed by atoms with Crippen molar-refractivity contribution in [1.82, 2.24) is 10.0 Å². The lowest BCUT2D eigenvalue weighted by molar-refractivity contribution is 0.572. The molecule has 0 spiro atoms. The lowest BCUT2D eigenvalue weighted by atomic mass is 9.87. The molecule has 0 radical (unpaired) electrons. The minimum Gasteiger partial charge on any atom is -0.320 e. The van der Waals surface area contributed by atoms with E-state index in [2.05, 4.69) is 30.8 Å². The standard InChI is InChI=1S/C15H26N2O2S/c1-12-7-8-13(15(2,3)4)11-14(12)20(18,19)17-10-6-9-16-5/h7-8,11,16-17H,6,9-10H2,1-5H3. The van der Waals surface area contributed by atoms with Gasteiger partial charge in [-0.05, 0) is 49.5 Å².